The van der Waals surface area contributed by atoms with Gasteiger partial charge in [-0.3, -0.25) is 4.79 Å². The van der Waals surface area contributed by atoms with Gasteiger partial charge in [0.25, 0.3) is 5.91 Å². The Kier molecular flexibility index (Phi) is 6.94. The second kappa shape index (κ2) is 7.99. The Balaban J connectivity index is 2.73. The van der Waals surface area contributed by atoms with Crippen molar-refractivity contribution in [3.8, 4) is 0 Å². The lowest BCUT2D eigenvalue weighted by Gasteiger charge is -2.27. The lowest BCUT2D eigenvalue weighted by Crippen LogP contribution is -2.42. The number of hydrogen-bond acceptors (Lipinski definition) is 3. The van der Waals surface area contributed by atoms with E-state index >= 15 is 0 Å². The van der Waals surface area contributed by atoms with Gasteiger partial charge in [0.2, 0.25) is 0 Å². The quantitative estimate of drug-likeness (QED) is 0.718. The molecule has 1 aromatic carbocycles. The lowest BCUT2D eigenvalue weighted by atomic mass is 9.94. The molecular formula is C15H21Cl2NO3. The van der Waals surface area contributed by atoms with Crippen LogP contribution in [0.15, 0.2) is 12.1 Å². The summed E-state index contributed by atoms with van der Waals surface area (Å²) < 4.78 is 0. The molecule has 1 amide bonds. The highest BCUT2D eigenvalue weighted by Crippen LogP contribution is 2.25. The highest BCUT2D eigenvalue weighted by Gasteiger charge is 2.25. The highest BCUT2D eigenvalue weighted by molar-refractivity contribution is 6.36. The predicted molar refractivity (Wildman–Crippen MR) is 85.1 cm³/mol. The molecule has 0 aliphatic heterocycles. The van der Waals surface area contributed by atoms with E-state index in [2.05, 4.69) is 5.32 Å². The van der Waals surface area contributed by atoms with Crippen LogP contribution in [0.1, 0.15) is 42.1 Å². The van der Waals surface area contributed by atoms with Crippen molar-refractivity contribution in [3.05, 3.63) is 33.3 Å². The first kappa shape index (κ1) is 18.2. The van der Waals surface area contributed by atoms with Crippen molar-refractivity contribution in [1.29, 1.82) is 0 Å². The number of benzene rings is 1. The van der Waals surface area contributed by atoms with Gasteiger partial charge in [0, 0.05) is 28.8 Å². The molecule has 0 heterocycles. The second-order valence-electron chi connectivity index (χ2n) is 5.15. The Morgan fingerprint density at radius 2 is 1.90 bits per heavy atom. The van der Waals surface area contributed by atoms with E-state index in [-0.39, 0.29) is 19.1 Å². The van der Waals surface area contributed by atoms with Gasteiger partial charge in [0.1, 0.15) is 0 Å². The van der Waals surface area contributed by atoms with Crippen LogP contribution in [0.2, 0.25) is 10.0 Å². The smallest absolute Gasteiger partial charge is 0.251 e. The number of halogens is 2. The molecule has 1 rings (SSSR count). The van der Waals surface area contributed by atoms with Crippen LogP contribution in [0.5, 0.6) is 0 Å². The molecule has 0 bridgehead atoms. The van der Waals surface area contributed by atoms with Crippen molar-refractivity contribution in [1.82, 2.24) is 5.32 Å². The molecule has 0 aliphatic carbocycles. The normalized spacial score (nSPS) is 13.8. The molecule has 0 aliphatic rings. The van der Waals surface area contributed by atoms with Gasteiger partial charge in [-0.15, -0.1) is 0 Å². The Morgan fingerprint density at radius 3 is 2.38 bits per heavy atom. The lowest BCUT2D eigenvalue weighted by molar-refractivity contribution is 0.0212. The Bertz CT molecular complexity index is 485. The van der Waals surface area contributed by atoms with E-state index in [0.717, 1.165) is 5.56 Å². The fraction of sp³-hybridized carbons (Fsp3) is 0.533. The monoisotopic (exact) mass is 333 g/mol. The minimum absolute atomic E-state index is 0.0133. The number of carbonyl (C=O) groups excluding carboxylic acids is 1. The summed E-state index contributed by atoms with van der Waals surface area (Å²) in [6.45, 7) is 3.74. The highest BCUT2D eigenvalue weighted by atomic mass is 35.5. The number of aliphatic hydroxyl groups is 2. The van der Waals surface area contributed by atoms with Gasteiger partial charge in [-0.1, -0.05) is 30.1 Å². The van der Waals surface area contributed by atoms with Crippen molar-refractivity contribution >= 4 is 29.1 Å². The third-order valence-corrected chi connectivity index (χ3v) is 4.36. The van der Waals surface area contributed by atoms with Crippen LogP contribution >= 0.6 is 23.2 Å². The summed E-state index contributed by atoms with van der Waals surface area (Å²) in [5.41, 5.74) is 0.0653. The van der Waals surface area contributed by atoms with E-state index in [1.54, 1.807) is 19.1 Å². The molecule has 1 atom stereocenters. The molecular weight excluding hydrogens is 313 g/mol. The van der Waals surface area contributed by atoms with Gasteiger partial charge in [-0.05, 0) is 43.9 Å². The van der Waals surface area contributed by atoms with Gasteiger partial charge in [0.15, 0.2) is 0 Å². The Hall–Kier alpha value is -0.810. The number of rotatable bonds is 7. The molecule has 21 heavy (non-hydrogen) atoms. The zero-order valence-electron chi connectivity index (χ0n) is 12.2. The number of amides is 1. The number of aliphatic hydroxyl groups excluding tert-OH is 1. The second-order valence-corrected chi connectivity index (χ2v) is 5.97. The minimum Gasteiger partial charge on any atom is -0.396 e. The summed E-state index contributed by atoms with van der Waals surface area (Å²) >= 11 is 12.0. The van der Waals surface area contributed by atoms with Crippen LogP contribution in [0.3, 0.4) is 0 Å². The molecule has 0 aromatic heterocycles. The van der Waals surface area contributed by atoms with Gasteiger partial charge >= 0.3 is 0 Å². The molecule has 0 fully saturated rings. The molecule has 118 valence electrons. The molecule has 1 aromatic rings. The maximum atomic E-state index is 12.1. The van der Waals surface area contributed by atoms with Gasteiger partial charge < -0.3 is 15.5 Å². The number of carbonyl (C=O) groups is 1. The average molecular weight is 334 g/mol. The van der Waals surface area contributed by atoms with Gasteiger partial charge in [-0.25, -0.2) is 0 Å². The SMILES string of the molecule is CC[C@@](O)(CCCO)CNC(=O)c1cc(Cl)c(C)c(Cl)c1. The first-order valence-corrected chi connectivity index (χ1v) is 7.65. The fourth-order valence-electron chi connectivity index (χ4n) is 1.92. The Labute approximate surface area is 135 Å². The standard InChI is InChI=1S/C15H21Cl2NO3/c1-3-15(21,5-4-6-19)9-18-14(20)11-7-12(16)10(2)13(17)8-11/h7-8,19,21H,3-6,9H2,1-2H3,(H,18,20)/t15-/m1/s1. The summed E-state index contributed by atoms with van der Waals surface area (Å²) in [6, 6.07) is 3.10. The summed E-state index contributed by atoms with van der Waals surface area (Å²) in [4.78, 5) is 12.1. The van der Waals surface area contributed by atoms with Crippen LogP contribution in [0.25, 0.3) is 0 Å². The van der Waals surface area contributed by atoms with Gasteiger partial charge in [0.05, 0.1) is 5.60 Å². The van der Waals surface area contributed by atoms with Crippen LogP contribution in [0, 0.1) is 6.92 Å². The number of nitrogens with one attached hydrogen (secondary N) is 1. The maximum absolute atomic E-state index is 12.1. The van der Waals surface area contributed by atoms with E-state index in [1.807, 2.05) is 6.92 Å². The fourth-order valence-corrected chi connectivity index (χ4v) is 2.41. The third kappa shape index (κ3) is 5.15. The van der Waals surface area contributed by atoms with E-state index < -0.39 is 5.60 Å². The predicted octanol–water partition coefficient (Wildman–Crippen LogP) is 2.95. The topological polar surface area (TPSA) is 69.6 Å². The van der Waals surface area contributed by atoms with Crippen molar-refractivity contribution in [2.75, 3.05) is 13.2 Å². The molecule has 4 nitrogen and oxygen atoms in total. The molecule has 6 heteroatoms. The first-order valence-electron chi connectivity index (χ1n) is 6.90. The molecule has 3 N–H and O–H groups in total. The minimum atomic E-state index is -1.02. The van der Waals surface area contributed by atoms with E-state index in [9.17, 15) is 9.90 Å². The van der Waals surface area contributed by atoms with Crippen molar-refractivity contribution in [2.45, 2.75) is 38.7 Å². The van der Waals surface area contributed by atoms with Crippen molar-refractivity contribution < 1.29 is 15.0 Å². The van der Waals surface area contributed by atoms with E-state index in [4.69, 9.17) is 28.3 Å². The van der Waals surface area contributed by atoms with Crippen LogP contribution in [-0.2, 0) is 0 Å². The molecule has 0 radical (unpaired) electrons. The average Bonchev–Trinajstić information content (AvgIpc) is 2.47. The maximum Gasteiger partial charge on any atom is 0.251 e. The van der Waals surface area contributed by atoms with E-state index in [0.29, 0.717) is 34.9 Å². The third-order valence-electron chi connectivity index (χ3n) is 3.58. The Morgan fingerprint density at radius 1 is 1.33 bits per heavy atom. The van der Waals surface area contributed by atoms with Crippen molar-refractivity contribution in [3.63, 3.8) is 0 Å². The summed E-state index contributed by atoms with van der Waals surface area (Å²) in [5.74, 6) is -0.338. The van der Waals surface area contributed by atoms with Crippen LogP contribution < -0.4 is 5.32 Å². The molecule has 0 saturated heterocycles. The van der Waals surface area contributed by atoms with Crippen LogP contribution in [0.4, 0.5) is 0 Å². The molecule has 0 saturated carbocycles. The summed E-state index contributed by atoms with van der Waals surface area (Å²) in [6.07, 6.45) is 1.40. The number of hydrogen-bond donors (Lipinski definition) is 3. The van der Waals surface area contributed by atoms with E-state index in [1.165, 1.54) is 0 Å². The molecule has 0 spiro atoms. The largest absolute Gasteiger partial charge is 0.396 e. The zero-order valence-corrected chi connectivity index (χ0v) is 13.8. The zero-order chi connectivity index (χ0) is 16.0. The van der Waals surface area contributed by atoms with Crippen molar-refractivity contribution in [2.24, 2.45) is 0 Å². The summed E-state index contributed by atoms with van der Waals surface area (Å²) in [7, 11) is 0. The summed E-state index contributed by atoms with van der Waals surface area (Å²) in [5, 5.41) is 22.7. The molecule has 0 unspecified atom stereocenters. The van der Waals surface area contributed by atoms with Crippen LogP contribution in [-0.4, -0.2) is 34.9 Å². The first-order chi connectivity index (χ1) is 9.83. The van der Waals surface area contributed by atoms with Gasteiger partial charge in [-0.2, -0.15) is 0 Å².